The maximum absolute atomic E-state index is 2.30. The second kappa shape index (κ2) is 5.01. The number of hydrogen-bond donors (Lipinski definition) is 0. The number of anilines is 2. The molecule has 1 nitrogen and oxygen atoms in total. The quantitative estimate of drug-likeness (QED) is 0.611. The molecule has 0 bridgehead atoms. The van der Waals surface area contributed by atoms with E-state index < -0.39 is 0 Å². The van der Waals surface area contributed by atoms with E-state index in [1.54, 1.807) is 0 Å². The van der Waals surface area contributed by atoms with Gasteiger partial charge in [0.1, 0.15) is 0 Å². The van der Waals surface area contributed by atoms with Crippen LogP contribution >= 0.6 is 0 Å². The molecular formula is C19H19N. The third-order valence-electron chi connectivity index (χ3n) is 3.90. The number of nitrogens with zero attached hydrogens (tertiary/aromatic N) is 1. The number of aryl methyl sites for hydroxylation is 2. The Bertz CT molecular complexity index is 733. The molecule has 0 amide bonds. The predicted octanol–water partition coefficient (Wildman–Crippen LogP) is 5.22. The zero-order valence-electron chi connectivity index (χ0n) is 12.2. The molecule has 3 aromatic rings. The summed E-state index contributed by atoms with van der Waals surface area (Å²) in [5.74, 6) is 0. The van der Waals surface area contributed by atoms with Gasteiger partial charge in [0, 0.05) is 23.8 Å². The number of fused-ring (bicyclic) bond motifs is 1. The summed E-state index contributed by atoms with van der Waals surface area (Å²) in [7, 11) is 2.15. The van der Waals surface area contributed by atoms with Gasteiger partial charge in [-0.1, -0.05) is 54.6 Å². The highest BCUT2D eigenvalue weighted by atomic mass is 15.1. The minimum atomic E-state index is 1.25. The molecule has 20 heavy (non-hydrogen) atoms. The summed E-state index contributed by atoms with van der Waals surface area (Å²) < 4.78 is 0. The summed E-state index contributed by atoms with van der Waals surface area (Å²) in [6, 6.07) is 21.5. The highest BCUT2D eigenvalue weighted by molar-refractivity contribution is 5.96. The van der Waals surface area contributed by atoms with Gasteiger partial charge in [-0.3, -0.25) is 0 Å². The van der Waals surface area contributed by atoms with E-state index in [0.717, 1.165) is 0 Å². The Morgan fingerprint density at radius 2 is 1.30 bits per heavy atom. The molecule has 0 radical (unpaired) electrons. The van der Waals surface area contributed by atoms with Crippen molar-refractivity contribution in [1.29, 1.82) is 0 Å². The molecule has 3 aromatic carbocycles. The van der Waals surface area contributed by atoms with E-state index in [0.29, 0.717) is 0 Å². The van der Waals surface area contributed by atoms with E-state index in [4.69, 9.17) is 0 Å². The lowest BCUT2D eigenvalue weighted by Gasteiger charge is -2.25. The van der Waals surface area contributed by atoms with E-state index >= 15 is 0 Å². The van der Waals surface area contributed by atoms with Gasteiger partial charge in [-0.05, 0) is 36.4 Å². The minimum absolute atomic E-state index is 1.25. The van der Waals surface area contributed by atoms with Crippen molar-refractivity contribution in [3.8, 4) is 0 Å². The summed E-state index contributed by atoms with van der Waals surface area (Å²) in [4.78, 5) is 2.30. The number of hydrogen-bond acceptors (Lipinski definition) is 1. The van der Waals surface area contributed by atoms with E-state index in [2.05, 4.69) is 86.5 Å². The molecule has 0 saturated heterocycles. The van der Waals surface area contributed by atoms with Crippen LogP contribution in [0.5, 0.6) is 0 Å². The molecule has 0 aliphatic carbocycles. The van der Waals surface area contributed by atoms with Crippen LogP contribution in [0, 0.1) is 13.8 Å². The first-order chi connectivity index (χ1) is 9.68. The summed E-state index contributed by atoms with van der Waals surface area (Å²) in [5, 5.41) is 2.57. The smallest absolute Gasteiger partial charge is 0.0487 e. The molecule has 3 rings (SSSR count). The average molecular weight is 261 g/mol. The topological polar surface area (TPSA) is 3.24 Å². The molecule has 0 unspecified atom stereocenters. The third-order valence-corrected chi connectivity index (χ3v) is 3.90. The van der Waals surface area contributed by atoms with Gasteiger partial charge in [-0.2, -0.15) is 0 Å². The van der Waals surface area contributed by atoms with E-state index in [-0.39, 0.29) is 0 Å². The Balaban J connectivity index is 2.21. The second-order valence-corrected chi connectivity index (χ2v) is 5.30. The molecule has 0 saturated carbocycles. The molecule has 0 aliphatic heterocycles. The maximum atomic E-state index is 2.30. The molecular weight excluding hydrogens is 242 g/mol. The van der Waals surface area contributed by atoms with E-state index in [9.17, 15) is 0 Å². The number of rotatable bonds is 2. The van der Waals surface area contributed by atoms with Gasteiger partial charge < -0.3 is 4.90 Å². The second-order valence-electron chi connectivity index (χ2n) is 5.30. The van der Waals surface area contributed by atoms with E-state index in [1.807, 2.05) is 0 Å². The number of para-hydroxylation sites is 1. The van der Waals surface area contributed by atoms with Crippen molar-refractivity contribution in [2.75, 3.05) is 11.9 Å². The standard InChI is InChI=1S/C19H19N/c1-14-8-6-9-15(2)19(14)20(3)18-13-7-11-16-10-4-5-12-17(16)18/h4-13H,1-3H3. The fourth-order valence-corrected chi connectivity index (χ4v) is 2.96. The van der Waals surface area contributed by atoms with Crippen molar-refractivity contribution in [3.63, 3.8) is 0 Å². The first-order valence-corrected chi connectivity index (χ1v) is 6.96. The Morgan fingerprint density at radius 3 is 2.05 bits per heavy atom. The van der Waals surface area contributed by atoms with Crippen LogP contribution in [0.25, 0.3) is 10.8 Å². The van der Waals surface area contributed by atoms with Crippen LogP contribution < -0.4 is 4.90 Å². The van der Waals surface area contributed by atoms with Gasteiger partial charge in [0.2, 0.25) is 0 Å². The first kappa shape index (κ1) is 12.7. The van der Waals surface area contributed by atoms with Gasteiger partial charge in [0.15, 0.2) is 0 Å². The molecule has 0 spiro atoms. The van der Waals surface area contributed by atoms with Crippen molar-refractivity contribution in [2.45, 2.75) is 13.8 Å². The summed E-state index contributed by atoms with van der Waals surface area (Å²) in [6.45, 7) is 4.34. The zero-order valence-corrected chi connectivity index (χ0v) is 12.2. The minimum Gasteiger partial charge on any atom is -0.344 e. The Labute approximate surface area is 120 Å². The number of benzene rings is 3. The van der Waals surface area contributed by atoms with Crippen molar-refractivity contribution in [1.82, 2.24) is 0 Å². The Kier molecular flexibility index (Phi) is 3.19. The largest absolute Gasteiger partial charge is 0.344 e. The van der Waals surface area contributed by atoms with Crippen LogP contribution in [-0.2, 0) is 0 Å². The zero-order chi connectivity index (χ0) is 14.1. The highest BCUT2D eigenvalue weighted by Gasteiger charge is 2.11. The third kappa shape index (κ3) is 2.05. The van der Waals surface area contributed by atoms with Crippen molar-refractivity contribution >= 4 is 22.1 Å². The lowest BCUT2D eigenvalue weighted by atomic mass is 10.0. The van der Waals surface area contributed by atoms with Crippen molar-refractivity contribution < 1.29 is 0 Å². The SMILES string of the molecule is Cc1cccc(C)c1N(C)c1cccc2ccccc12. The molecule has 0 aliphatic rings. The lowest BCUT2D eigenvalue weighted by molar-refractivity contribution is 1.17. The fraction of sp³-hybridized carbons (Fsp3) is 0.158. The lowest BCUT2D eigenvalue weighted by Crippen LogP contribution is -2.12. The molecule has 100 valence electrons. The molecule has 0 fully saturated rings. The molecule has 0 heterocycles. The Morgan fingerprint density at radius 1 is 0.700 bits per heavy atom. The maximum Gasteiger partial charge on any atom is 0.0487 e. The van der Waals surface area contributed by atoms with Crippen LogP contribution in [0.3, 0.4) is 0 Å². The van der Waals surface area contributed by atoms with Crippen molar-refractivity contribution in [3.05, 3.63) is 71.8 Å². The predicted molar refractivity (Wildman–Crippen MR) is 87.9 cm³/mol. The van der Waals surface area contributed by atoms with E-state index in [1.165, 1.54) is 33.3 Å². The van der Waals surface area contributed by atoms with Crippen LogP contribution in [0.1, 0.15) is 11.1 Å². The Hall–Kier alpha value is -2.28. The summed E-state index contributed by atoms with van der Waals surface area (Å²) in [5.41, 5.74) is 5.16. The molecule has 0 atom stereocenters. The van der Waals surface area contributed by atoms with Gasteiger partial charge in [-0.15, -0.1) is 0 Å². The molecule has 1 heteroatoms. The van der Waals surface area contributed by atoms with Gasteiger partial charge in [0.25, 0.3) is 0 Å². The highest BCUT2D eigenvalue weighted by Crippen LogP contribution is 2.34. The normalized spacial score (nSPS) is 10.8. The monoisotopic (exact) mass is 261 g/mol. The van der Waals surface area contributed by atoms with Crippen LogP contribution in [0.15, 0.2) is 60.7 Å². The van der Waals surface area contributed by atoms with Crippen molar-refractivity contribution in [2.24, 2.45) is 0 Å². The molecule has 0 aromatic heterocycles. The van der Waals surface area contributed by atoms with Crippen LogP contribution in [-0.4, -0.2) is 7.05 Å². The van der Waals surface area contributed by atoms with Crippen LogP contribution in [0.2, 0.25) is 0 Å². The summed E-state index contributed by atoms with van der Waals surface area (Å²) in [6.07, 6.45) is 0. The van der Waals surface area contributed by atoms with Gasteiger partial charge in [0.05, 0.1) is 0 Å². The first-order valence-electron chi connectivity index (χ1n) is 6.96. The van der Waals surface area contributed by atoms with Gasteiger partial charge >= 0.3 is 0 Å². The van der Waals surface area contributed by atoms with Gasteiger partial charge in [-0.25, -0.2) is 0 Å². The van der Waals surface area contributed by atoms with Crippen LogP contribution in [0.4, 0.5) is 11.4 Å². The fourth-order valence-electron chi connectivity index (χ4n) is 2.96. The molecule has 0 N–H and O–H groups in total. The summed E-state index contributed by atoms with van der Waals surface area (Å²) >= 11 is 0. The average Bonchev–Trinajstić information content (AvgIpc) is 2.46.